The number of amides is 1. The van der Waals surface area contributed by atoms with Crippen molar-refractivity contribution in [2.24, 2.45) is 5.92 Å². The van der Waals surface area contributed by atoms with E-state index >= 15 is 8.78 Å². The van der Waals surface area contributed by atoms with Crippen molar-refractivity contribution < 1.29 is 36.3 Å². The second kappa shape index (κ2) is 7.40. The SMILES string of the molecule is O=C1NCCN(CC(F)(F)[C@H]2CC[C@H](O)CC2)c2c1oc1ccc(C(F)(F)F)cc21. The summed E-state index contributed by atoms with van der Waals surface area (Å²) < 4.78 is 75.2. The largest absolute Gasteiger partial charge is 0.449 e. The first-order chi connectivity index (χ1) is 14.1. The zero-order valence-corrected chi connectivity index (χ0v) is 15.9. The lowest BCUT2D eigenvalue weighted by Crippen LogP contribution is -2.45. The summed E-state index contributed by atoms with van der Waals surface area (Å²) in [7, 11) is 0. The molecule has 1 aromatic carbocycles. The fourth-order valence-electron chi connectivity index (χ4n) is 4.27. The smallest absolute Gasteiger partial charge is 0.416 e. The fourth-order valence-corrected chi connectivity index (χ4v) is 4.27. The van der Waals surface area contributed by atoms with Crippen LogP contribution in [-0.2, 0) is 6.18 Å². The molecule has 2 N–H and O–H groups in total. The number of hydrogen-bond donors (Lipinski definition) is 2. The van der Waals surface area contributed by atoms with Gasteiger partial charge in [0.15, 0.2) is 0 Å². The predicted octanol–water partition coefficient (Wildman–Crippen LogP) is 4.19. The molecule has 2 heterocycles. The summed E-state index contributed by atoms with van der Waals surface area (Å²) in [5.74, 6) is -5.01. The van der Waals surface area contributed by atoms with E-state index in [-0.39, 0.29) is 61.2 Å². The fraction of sp³-hybridized carbons (Fsp3) is 0.550. The standard InChI is InChI=1S/C20H21F5N2O3/c21-19(22,11-1-4-13(28)5-2-11)10-27-8-7-26-18(29)17-16(27)14-9-12(20(23,24)25)3-6-15(14)30-17/h3,6,9,11,13,28H,1-2,4-5,7-8,10H2,(H,26,29)/t11-,13-. The number of nitrogens with one attached hydrogen (secondary N) is 1. The van der Waals surface area contributed by atoms with Crippen LogP contribution >= 0.6 is 0 Å². The molecule has 0 bridgehead atoms. The molecule has 10 heteroatoms. The Hall–Kier alpha value is -2.36. The third-order valence-corrected chi connectivity index (χ3v) is 5.87. The minimum atomic E-state index is -4.62. The van der Waals surface area contributed by atoms with Crippen molar-refractivity contribution in [2.75, 3.05) is 24.5 Å². The van der Waals surface area contributed by atoms with Crippen molar-refractivity contribution in [3.63, 3.8) is 0 Å². The van der Waals surface area contributed by atoms with E-state index in [1.807, 2.05) is 0 Å². The van der Waals surface area contributed by atoms with E-state index in [1.54, 1.807) is 0 Å². The third kappa shape index (κ3) is 3.84. The van der Waals surface area contributed by atoms with Gasteiger partial charge in [0.25, 0.3) is 11.8 Å². The second-order valence-electron chi connectivity index (χ2n) is 7.93. The van der Waals surface area contributed by atoms with Crippen LogP contribution in [0.4, 0.5) is 27.6 Å². The number of halogens is 5. The van der Waals surface area contributed by atoms with E-state index < -0.39 is 42.1 Å². The van der Waals surface area contributed by atoms with Gasteiger partial charge in [-0.1, -0.05) is 0 Å². The molecule has 1 fully saturated rings. The summed E-state index contributed by atoms with van der Waals surface area (Å²) in [6, 6.07) is 2.76. The summed E-state index contributed by atoms with van der Waals surface area (Å²) in [4.78, 5) is 13.6. The number of hydrogen-bond acceptors (Lipinski definition) is 4. The Bertz CT molecular complexity index is 948. The lowest BCUT2D eigenvalue weighted by molar-refractivity contribution is -0.137. The lowest BCUT2D eigenvalue weighted by atomic mass is 9.83. The number of aliphatic hydroxyl groups excluding tert-OH is 1. The van der Waals surface area contributed by atoms with Crippen LogP contribution in [0.1, 0.15) is 41.8 Å². The van der Waals surface area contributed by atoms with Gasteiger partial charge in [-0.3, -0.25) is 4.79 Å². The van der Waals surface area contributed by atoms with Crippen LogP contribution in [0.25, 0.3) is 11.0 Å². The zero-order valence-electron chi connectivity index (χ0n) is 15.9. The molecular formula is C20H21F5N2O3. The van der Waals surface area contributed by atoms with E-state index in [2.05, 4.69) is 5.32 Å². The van der Waals surface area contributed by atoms with Crippen molar-refractivity contribution in [1.82, 2.24) is 5.32 Å². The van der Waals surface area contributed by atoms with Crippen LogP contribution in [0.15, 0.2) is 22.6 Å². The van der Waals surface area contributed by atoms with Gasteiger partial charge in [-0.15, -0.1) is 0 Å². The molecule has 1 aliphatic heterocycles. The van der Waals surface area contributed by atoms with Gasteiger partial charge in [-0.05, 0) is 43.9 Å². The highest BCUT2D eigenvalue weighted by molar-refractivity contribution is 6.07. The Morgan fingerprint density at radius 1 is 1.13 bits per heavy atom. The molecule has 2 aromatic rings. The van der Waals surface area contributed by atoms with Crippen LogP contribution < -0.4 is 10.2 Å². The third-order valence-electron chi connectivity index (χ3n) is 5.87. The Balaban J connectivity index is 1.73. The average molecular weight is 432 g/mol. The number of aliphatic hydroxyl groups is 1. The number of nitrogens with zero attached hydrogens (tertiary/aromatic N) is 1. The molecule has 1 aliphatic carbocycles. The topological polar surface area (TPSA) is 65.7 Å². The minimum Gasteiger partial charge on any atom is -0.449 e. The molecule has 0 unspecified atom stereocenters. The first kappa shape index (κ1) is 20.9. The predicted molar refractivity (Wildman–Crippen MR) is 98.7 cm³/mol. The quantitative estimate of drug-likeness (QED) is 0.714. The first-order valence-corrected chi connectivity index (χ1v) is 9.79. The van der Waals surface area contributed by atoms with Gasteiger partial charge in [0, 0.05) is 24.4 Å². The summed E-state index contributed by atoms with van der Waals surface area (Å²) >= 11 is 0. The number of benzene rings is 1. The molecule has 30 heavy (non-hydrogen) atoms. The molecule has 1 saturated carbocycles. The maximum atomic E-state index is 15.1. The molecule has 1 amide bonds. The maximum absolute atomic E-state index is 15.1. The van der Waals surface area contributed by atoms with Gasteiger partial charge < -0.3 is 19.7 Å². The van der Waals surface area contributed by atoms with Crippen LogP contribution in [0.2, 0.25) is 0 Å². The van der Waals surface area contributed by atoms with Gasteiger partial charge in [0.1, 0.15) is 5.58 Å². The van der Waals surface area contributed by atoms with Crippen LogP contribution in [0.3, 0.4) is 0 Å². The molecular weight excluding hydrogens is 411 g/mol. The Kier molecular flexibility index (Phi) is 5.16. The minimum absolute atomic E-state index is 0.00849. The van der Waals surface area contributed by atoms with Crippen molar-refractivity contribution in [3.8, 4) is 0 Å². The molecule has 4 rings (SSSR count). The Morgan fingerprint density at radius 3 is 2.50 bits per heavy atom. The summed E-state index contributed by atoms with van der Waals surface area (Å²) in [6.07, 6.45) is -4.30. The molecule has 0 atom stereocenters. The molecule has 0 spiro atoms. The summed E-state index contributed by atoms with van der Waals surface area (Å²) in [6.45, 7) is -0.682. The molecule has 2 aliphatic rings. The zero-order chi connectivity index (χ0) is 21.7. The lowest BCUT2D eigenvalue weighted by Gasteiger charge is -2.35. The summed E-state index contributed by atoms with van der Waals surface area (Å²) in [5.41, 5.74) is -0.961. The summed E-state index contributed by atoms with van der Waals surface area (Å²) in [5, 5.41) is 12.1. The maximum Gasteiger partial charge on any atom is 0.416 e. The monoisotopic (exact) mass is 432 g/mol. The molecule has 164 valence electrons. The van der Waals surface area contributed by atoms with E-state index in [0.29, 0.717) is 0 Å². The van der Waals surface area contributed by atoms with Crippen LogP contribution in [0.5, 0.6) is 0 Å². The number of alkyl halides is 5. The number of carbonyl (C=O) groups excluding carboxylic acids is 1. The Labute approximate surface area is 168 Å². The highest BCUT2D eigenvalue weighted by atomic mass is 19.4. The van der Waals surface area contributed by atoms with Crippen molar-refractivity contribution >= 4 is 22.6 Å². The normalized spacial score (nSPS) is 23.3. The average Bonchev–Trinajstić information content (AvgIpc) is 2.98. The van der Waals surface area contributed by atoms with E-state index in [4.69, 9.17) is 4.42 Å². The van der Waals surface area contributed by atoms with Gasteiger partial charge in [0.2, 0.25) is 5.76 Å². The number of furan rings is 1. The van der Waals surface area contributed by atoms with E-state index in [1.165, 1.54) is 4.90 Å². The number of fused-ring (bicyclic) bond motifs is 3. The van der Waals surface area contributed by atoms with Gasteiger partial charge in [-0.25, -0.2) is 8.78 Å². The Morgan fingerprint density at radius 2 is 1.83 bits per heavy atom. The number of rotatable bonds is 3. The van der Waals surface area contributed by atoms with E-state index in [9.17, 15) is 23.1 Å². The highest BCUT2D eigenvalue weighted by Gasteiger charge is 2.44. The van der Waals surface area contributed by atoms with Crippen LogP contribution in [0, 0.1) is 5.92 Å². The van der Waals surface area contributed by atoms with Crippen molar-refractivity contribution in [3.05, 3.63) is 29.5 Å². The number of carbonyl (C=O) groups is 1. The second-order valence-corrected chi connectivity index (χ2v) is 7.93. The highest BCUT2D eigenvalue weighted by Crippen LogP contribution is 2.42. The molecule has 0 radical (unpaired) electrons. The van der Waals surface area contributed by atoms with Gasteiger partial charge in [0.05, 0.1) is 23.9 Å². The molecule has 0 saturated heterocycles. The van der Waals surface area contributed by atoms with Crippen molar-refractivity contribution in [1.29, 1.82) is 0 Å². The van der Waals surface area contributed by atoms with Crippen LogP contribution in [-0.4, -0.2) is 42.7 Å². The van der Waals surface area contributed by atoms with E-state index in [0.717, 1.165) is 18.2 Å². The molecule has 5 nitrogen and oxygen atoms in total. The van der Waals surface area contributed by atoms with Gasteiger partial charge >= 0.3 is 6.18 Å². The van der Waals surface area contributed by atoms with Gasteiger partial charge in [-0.2, -0.15) is 13.2 Å². The number of anilines is 1. The first-order valence-electron chi connectivity index (χ1n) is 9.79. The van der Waals surface area contributed by atoms with Crippen molar-refractivity contribution in [2.45, 2.75) is 43.9 Å². The molecule has 1 aromatic heterocycles.